The molecule has 0 bridgehead atoms. The summed E-state index contributed by atoms with van der Waals surface area (Å²) in [6, 6.07) is 14.9. The molecule has 2 aliphatic heterocycles. The highest BCUT2D eigenvalue weighted by Crippen LogP contribution is 2.22. The molecule has 2 amide bonds. The molecular formula is C23H27N3O3. The second kappa shape index (κ2) is 9.09. The summed E-state index contributed by atoms with van der Waals surface area (Å²) >= 11 is 0. The van der Waals surface area contributed by atoms with Gasteiger partial charge in [0, 0.05) is 48.7 Å². The monoisotopic (exact) mass is 393 g/mol. The number of carbonyl (C=O) groups is 2. The van der Waals surface area contributed by atoms with E-state index in [4.69, 9.17) is 4.74 Å². The van der Waals surface area contributed by atoms with E-state index >= 15 is 0 Å². The molecule has 0 spiro atoms. The summed E-state index contributed by atoms with van der Waals surface area (Å²) in [5.41, 5.74) is 2.95. The maximum atomic E-state index is 12.7. The van der Waals surface area contributed by atoms with Crippen LogP contribution in [0.15, 0.2) is 48.5 Å². The van der Waals surface area contributed by atoms with Crippen LogP contribution in [0.2, 0.25) is 0 Å². The van der Waals surface area contributed by atoms with E-state index in [1.165, 1.54) is 24.9 Å². The Kier molecular flexibility index (Phi) is 6.10. The molecule has 29 heavy (non-hydrogen) atoms. The van der Waals surface area contributed by atoms with Crippen molar-refractivity contribution in [2.45, 2.75) is 19.3 Å². The van der Waals surface area contributed by atoms with E-state index in [-0.39, 0.29) is 11.8 Å². The summed E-state index contributed by atoms with van der Waals surface area (Å²) in [4.78, 5) is 29.5. The SMILES string of the molecule is O=C(Nc1ccc(N2CCCCC2)cc1)c1cccc(C(=O)N2CCOCC2)c1. The van der Waals surface area contributed by atoms with E-state index in [0.29, 0.717) is 37.4 Å². The van der Waals surface area contributed by atoms with E-state index < -0.39 is 0 Å². The highest BCUT2D eigenvalue weighted by atomic mass is 16.5. The Labute approximate surface area is 171 Å². The lowest BCUT2D eigenvalue weighted by Gasteiger charge is -2.28. The van der Waals surface area contributed by atoms with Gasteiger partial charge in [0.2, 0.25) is 0 Å². The second-order valence-electron chi connectivity index (χ2n) is 7.53. The number of carbonyl (C=O) groups excluding carboxylic acids is 2. The molecule has 6 heteroatoms. The van der Waals surface area contributed by atoms with Gasteiger partial charge in [-0.1, -0.05) is 6.07 Å². The summed E-state index contributed by atoms with van der Waals surface area (Å²) in [6.45, 7) is 4.46. The Hall–Kier alpha value is -2.86. The van der Waals surface area contributed by atoms with Crippen LogP contribution < -0.4 is 10.2 Å². The maximum absolute atomic E-state index is 12.7. The van der Waals surface area contributed by atoms with Crippen molar-refractivity contribution in [2.75, 3.05) is 49.6 Å². The third kappa shape index (κ3) is 4.77. The Bertz CT molecular complexity index is 854. The van der Waals surface area contributed by atoms with Crippen molar-refractivity contribution >= 4 is 23.2 Å². The van der Waals surface area contributed by atoms with Crippen molar-refractivity contribution in [3.8, 4) is 0 Å². The van der Waals surface area contributed by atoms with Gasteiger partial charge in [-0.15, -0.1) is 0 Å². The van der Waals surface area contributed by atoms with Crippen molar-refractivity contribution in [3.05, 3.63) is 59.7 Å². The minimum atomic E-state index is -0.215. The molecule has 0 radical (unpaired) electrons. The average Bonchev–Trinajstić information content (AvgIpc) is 2.80. The van der Waals surface area contributed by atoms with E-state index in [1.807, 2.05) is 12.1 Å². The molecule has 0 saturated carbocycles. The second-order valence-corrected chi connectivity index (χ2v) is 7.53. The van der Waals surface area contributed by atoms with Gasteiger partial charge in [0.1, 0.15) is 0 Å². The molecule has 2 saturated heterocycles. The van der Waals surface area contributed by atoms with Crippen LogP contribution in [0, 0.1) is 0 Å². The molecule has 2 aliphatic rings. The Morgan fingerprint density at radius 3 is 2.24 bits per heavy atom. The lowest BCUT2D eigenvalue weighted by Crippen LogP contribution is -2.40. The van der Waals surface area contributed by atoms with Crippen molar-refractivity contribution in [1.82, 2.24) is 4.90 Å². The molecule has 4 rings (SSSR count). The molecule has 0 aromatic heterocycles. The fraction of sp³-hybridized carbons (Fsp3) is 0.391. The van der Waals surface area contributed by atoms with Crippen LogP contribution in [-0.4, -0.2) is 56.1 Å². The van der Waals surface area contributed by atoms with Gasteiger partial charge >= 0.3 is 0 Å². The minimum Gasteiger partial charge on any atom is -0.378 e. The zero-order valence-corrected chi connectivity index (χ0v) is 16.6. The summed E-state index contributed by atoms with van der Waals surface area (Å²) in [5, 5.41) is 2.93. The van der Waals surface area contributed by atoms with Gasteiger partial charge < -0.3 is 19.9 Å². The number of hydrogen-bond donors (Lipinski definition) is 1. The van der Waals surface area contributed by atoms with Crippen LogP contribution >= 0.6 is 0 Å². The first-order valence-electron chi connectivity index (χ1n) is 10.3. The lowest BCUT2D eigenvalue weighted by atomic mass is 10.1. The summed E-state index contributed by atoms with van der Waals surface area (Å²) in [5.74, 6) is -0.277. The predicted molar refractivity (Wildman–Crippen MR) is 114 cm³/mol. The summed E-state index contributed by atoms with van der Waals surface area (Å²) in [7, 11) is 0. The smallest absolute Gasteiger partial charge is 0.255 e. The van der Waals surface area contributed by atoms with Crippen molar-refractivity contribution in [1.29, 1.82) is 0 Å². The number of hydrogen-bond acceptors (Lipinski definition) is 4. The quantitative estimate of drug-likeness (QED) is 0.865. The first kappa shape index (κ1) is 19.5. The molecule has 2 fully saturated rings. The van der Waals surface area contributed by atoms with Crippen molar-refractivity contribution in [2.24, 2.45) is 0 Å². The number of ether oxygens (including phenoxy) is 1. The molecule has 0 atom stereocenters. The van der Waals surface area contributed by atoms with E-state index in [1.54, 1.807) is 29.2 Å². The first-order chi connectivity index (χ1) is 14.2. The van der Waals surface area contributed by atoms with Gasteiger partial charge in [0.25, 0.3) is 11.8 Å². The highest BCUT2D eigenvalue weighted by Gasteiger charge is 2.19. The molecule has 1 N–H and O–H groups in total. The van der Waals surface area contributed by atoms with Crippen molar-refractivity contribution < 1.29 is 14.3 Å². The number of morpholine rings is 1. The number of anilines is 2. The average molecular weight is 393 g/mol. The largest absolute Gasteiger partial charge is 0.378 e. The minimum absolute atomic E-state index is 0.0613. The molecule has 2 aromatic carbocycles. The molecule has 0 unspecified atom stereocenters. The number of piperidine rings is 1. The van der Waals surface area contributed by atoms with Gasteiger partial charge in [0.15, 0.2) is 0 Å². The normalized spacial score (nSPS) is 17.1. The van der Waals surface area contributed by atoms with Crippen LogP contribution in [0.1, 0.15) is 40.0 Å². The van der Waals surface area contributed by atoms with Crippen LogP contribution in [0.4, 0.5) is 11.4 Å². The van der Waals surface area contributed by atoms with Crippen LogP contribution in [0.5, 0.6) is 0 Å². The predicted octanol–water partition coefficient (Wildman–Crippen LogP) is 3.40. The molecule has 0 aliphatic carbocycles. The Balaban J connectivity index is 1.41. The third-order valence-corrected chi connectivity index (χ3v) is 5.52. The van der Waals surface area contributed by atoms with Gasteiger partial charge in [-0.25, -0.2) is 0 Å². The molecule has 6 nitrogen and oxygen atoms in total. The van der Waals surface area contributed by atoms with E-state index in [9.17, 15) is 9.59 Å². The van der Waals surface area contributed by atoms with Gasteiger partial charge in [0.05, 0.1) is 13.2 Å². The van der Waals surface area contributed by atoms with Gasteiger partial charge in [-0.2, -0.15) is 0 Å². The van der Waals surface area contributed by atoms with E-state index in [2.05, 4.69) is 22.3 Å². The standard InChI is InChI=1S/C23H27N3O3/c27-22(24-20-7-9-21(10-8-20)25-11-2-1-3-12-25)18-5-4-6-19(17-18)23(28)26-13-15-29-16-14-26/h4-10,17H,1-3,11-16H2,(H,24,27). The van der Waals surface area contributed by atoms with Gasteiger partial charge in [-0.05, 0) is 61.7 Å². The van der Waals surface area contributed by atoms with E-state index in [0.717, 1.165) is 18.8 Å². The molecule has 152 valence electrons. The Morgan fingerprint density at radius 1 is 0.828 bits per heavy atom. The van der Waals surface area contributed by atoms with Crippen molar-refractivity contribution in [3.63, 3.8) is 0 Å². The zero-order valence-electron chi connectivity index (χ0n) is 16.6. The number of nitrogens with zero attached hydrogens (tertiary/aromatic N) is 2. The maximum Gasteiger partial charge on any atom is 0.255 e. The zero-order chi connectivity index (χ0) is 20.1. The topological polar surface area (TPSA) is 61.9 Å². The molecular weight excluding hydrogens is 366 g/mol. The number of benzene rings is 2. The first-order valence-corrected chi connectivity index (χ1v) is 10.3. The summed E-state index contributed by atoms with van der Waals surface area (Å²) in [6.07, 6.45) is 3.77. The number of nitrogens with one attached hydrogen (secondary N) is 1. The van der Waals surface area contributed by atoms with Crippen LogP contribution in [0.3, 0.4) is 0 Å². The fourth-order valence-electron chi connectivity index (χ4n) is 3.85. The summed E-state index contributed by atoms with van der Waals surface area (Å²) < 4.78 is 5.30. The Morgan fingerprint density at radius 2 is 1.52 bits per heavy atom. The van der Waals surface area contributed by atoms with Crippen LogP contribution in [0.25, 0.3) is 0 Å². The highest BCUT2D eigenvalue weighted by molar-refractivity contribution is 6.06. The van der Waals surface area contributed by atoms with Gasteiger partial charge in [-0.3, -0.25) is 9.59 Å². The molecule has 2 aromatic rings. The fourth-order valence-corrected chi connectivity index (χ4v) is 3.85. The lowest BCUT2D eigenvalue weighted by molar-refractivity contribution is 0.0303. The number of amides is 2. The number of rotatable bonds is 4. The van der Waals surface area contributed by atoms with Crippen LogP contribution in [-0.2, 0) is 4.74 Å². The molecule has 2 heterocycles. The third-order valence-electron chi connectivity index (χ3n) is 5.52.